The van der Waals surface area contributed by atoms with Gasteiger partial charge in [-0.2, -0.15) is 0 Å². The zero-order valence-corrected chi connectivity index (χ0v) is 9.07. The second-order valence-corrected chi connectivity index (χ2v) is 4.91. The standard InChI is InChI=1S/C5H15ClN2Si/c1-8(2)4-3-7-5(6)9/h5,7H,3-4H2,1-2,9H3. The molecule has 0 aromatic heterocycles. The van der Waals surface area contributed by atoms with Crippen molar-refractivity contribution in [3.05, 3.63) is 0 Å². The van der Waals surface area contributed by atoms with Crippen molar-refractivity contribution in [3.8, 4) is 0 Å². The predicted molar refractivity (Wildman–Crippen MR) is 46.1 cm³/mol. The van der Waals surface area contributed by atoms with Gasteiger partial charge in [0.15, 0.2) is 0 Å². The first-order chi connectivity index (χ1) is 4.13. The number of rotatable bonds is 4. The van der Waals surface area contributed by atoms with Crippen LogP contribution in [0.25, 0.3) is 0 Å². The highest BCUT2D eigenvalue weighted by Gasteiger charge is 1.92. The van der Waals surface area contributed by atoms with Gasteiger partial charge in [0.05, 0.1) is 5.12 Å². The van der Waals surface area contributed by atoms with Crippen LogP contribution in [-0.4, -0.2) is 47.5 Å². The van der Waals surface area contributed by atoms with E-state index in [2.05, 4.69) is 24.3 Å². The van der Waals surface area contributed by atoms with E-state index < -0.39 is 0 Å². The summed E-state index contributed by atoms with van der Waals surface area (Å²) in [6.45, 7) is 2.05. The van der Waals surface area contributed by atoms with E-state index in [1.165, 1.54) is 0 Å². The Morgan fingerprint density at radius 1 is 1.67 bits per heavy atom. The summed E-state index contributed by atoms with van der Waals surface area (Å²) in [4.78, 5) is 2.13. The van der Waals surface area contributed by atoms with E-state index in [9.17, 15) is 0 Å². The minimum absolute atomic E-state index is 0.227. The Morgan fingerprint density at radius 2 is 2.22 bits per heavy atom. The quantitative estimate of drug-likeness (QED) is 0.329. The van der Waals surface area contributed by atoms with Gasteiger partial charge in [-0.3, -0.25) is 0 Å². The van der Waals surface area contributed by atoms with Crippen molar-refractivity contribution >= 4 is 21.8 Å². The number of nitrogens with zero attached hydrogens (tertiary/aromatic N) is 1. The Kier molecular flexibility index (Phi) is 5.48. The fraction of sp³-hybridized carbons (Fsp3) is 1.00. The van der Waals surface area contributed by atoms with Crippen LogP contribution in [0.2, 0.25) is 0 Å². The van der Waals surface area contributed by atoms with E-state index in [0.717, 1.165) is 23.3 Å². The van der Waals surface area contributed by atoms with Gasteiger partial charge in [-0.1, -0.05) is 0 Å². The number of likely N-dealkylation sites (N-methyl/N-ethyl adjacent to an activating group) is 1. The molecule has 0 rings (SSSR count). The summed E-state index contributed by atoms with van der Waals surface area (Å²) in [5.74, 6) is 0. The summed E-state index contributed by atoms with van der Waals surface area (Å²) in [5, 5.41) is 3.39. The lowest BCUT2D eigenvalue weighted by atomic mass is 10.6. The van der Waals surface area contributed by atoms with Gasteiger partial charge in [-0.15, -0.1) is 11.6 Å². The predicted octanol–water partition coefficient (Wildman–Crippen LogP) is -0.975. The highest BCUT2D eigenvalue weighted by molar-refractivity contribution is 6.40. The maximum atomic E-state index is 5.69. The average molecular weight is 167 g/mol. The molecule has 0 bridgehead atoms. The van der Waals surface area contributed by atoms with Crippen molar-refractivity contribution < 1.29 is 0 Å². The van der Waals surface area contributed by atoms with Crippen molar-refractivity contribution in [1.82, 2.24) is 10.2 Å². The van der Waals surface area contributed by atoms with Crippen LogP contribution in [0.1, 0.15) is 0 Å². The molecule has 0 radical (unpaired) electrons. The van der Waals surface area contributed by atoms with Crippen molar-refractivity contribution in [2.24, 2.45) is 0 Å². The molecule has 0 aromatic rings. The van der Waals surface area contributed by atoms with E-state index >= 15 is 0 Å². The zero-order chi connectivity index (χ0) is 7.28. The molecular formula is C5H15ClN2Si. The van der Waals surface area contributed by atoms with Crippen LogP contribution < -0.4 is 5.32 Å². The summed E-state index contributed by atoms with van der Waals surface area (Å²) in [5.41, 5.74) is 0. The van der Waals surface area contributed by atoms with Crippen molar-refractivity contribution in [2.45, 2.75) is 5.12 Å². The van der Waals surface area contributed by atoms with Gasteiger partial charge in [-0.25, -0.2) is 0 Å². The third-order valence-electron chi connectivity index (χ3n) is 0.985. The Hall–Kier alpha value is 0.427. The molecule has 0 aromatic carbocycles. The first-order valence-corrected chi connectivity index (χ1v) is 4.74. The molecule has 4 heteroatoms. The van der Waals surface area contributed by atoms with Gasteiger partial charge in [0, 0.05) is 23.3 Å². The maximum Gasteiger partial charge on any atom is 0.0621 e. The summed E-state index contributed by atoms with van der Waals surface area (Å²) in [6.07, 6.45) is 0. The van der Waals surface area contributed by atoms with E-state index in [1.54, 1.807) is 0 Å². The van der Waals surface area contributed by atoms with E-state index in [0.29, 0.717) is 0 Å². The minimum Gasteiger partial charge on any atom is -0.308 e. The smallest absolute Gasteiger partial charge is 0.0621 e. The van der Waals surface area contributed by atoms with E-state index in [-0.39, 0.29) is 5.12 Å². The molecule has 0 saturated carbocycles. The monoisotopic (exact) mass is 166 g/mol. The molecule has 0 aliphatic heterocycles. The van der Waals surface area contributed by atoms with Crippen molar-refractivity contribution in [2.75, 3.05) is 27.2 Å². The maximum absolute atomic E-state index is 5.69. The molecule has 56 valence electrons. The summed E-state index contributed by atoms with van der Waals surface area (Å²) in [7, 11) is 5.12. The summed E-state index contributed by atoms with van der Waals surface area (Å²) in [6, 6.07) is 0. The number of halogens is 1. The SMILES string of the molecule is CN(C)CCNC([SiH3])Cl. The van der Waals surface area contributed by atoms with Gasteiger partial charge in [0.25, 0.3) is 0 Å². The minimum atomic E-state index is 0.227. The Balaban J connectivity index is 2.91. The molecule has 0 spiro atoms. The lowest BCUT2D eigenvalue weighted by Crippen LogP contribution is -2.31. The van der Waals surface area contributed by atoms with Crippen LogP contribution in [-0.2, 0) is 0 Å². The largest absolute Gasteiger partial charge is 0.308 e. The van der Waals surface area contributed by atoms with E-state index in [4.69, 9.17) is 11.6 Å². The zero-order valence-electron chi connectivity index (χ0n) is 6.32. The van der Waals surface area contributed by atoms with E-state index in [1.807, 2.05) is 0 Å². The molecule has 0 heterocycles. The average Bonchev–Trinajstić information content (AvgIpc) is 1.63. The Labute approximate surface area is 65.0 Å². The lowest BCUT2D eigenvalue weighted by molar-refractivity contribution is 0.403. The normalized spacial score (nSPS) is 14.7. The fourth-order valence-corrected chi connectivity index (χ4v) is 0.885. The number of nitrogens with one attached hydrogen (secondary N) is 1. The van der Waals surface area contributed by atoms with Crippen molar-refractivity contribution in [1.29, 1.82) is 0 Å². The summed E-state index contributed by atoms with van der Waals surface area (Å²) >= 11 is 5.69. The molecule has 1 N–H and O–H groups in total. The van der Waals surface area contributed by atoms with Crippen LogP contribution in [0.3, 0.4) is 0 Å². The van der Waals surface area contributed by atoms with Gasteiger partial charge in [-0.05, 0) is 14.1 Å². The van der Waals surface area contributed by atoms with Gasteiger partial charge in [0.2, 0.25) is 0 Å². The highest BCUT2D eigenvalue weighted by Crippen LogP contribution is 1.80. The Morgan fingerprint density at radius 3 is 2.56 bits per heavy atom. The number of alkyl halides is 1. The van der Waals surface area contributed by atoms with Crippen LogP contribution in [0.15, 0.2) is 0 Å². The molecule has 1 unspecified atom stereocenters. The molecule has 9 heavy (non-hydrogen) atoms. The second-order valence-electron chi connectivity index (χ2n) is 2.37. The first kappa shape index (κ1) is 9.43. The first-order valence-electron chi connectivity index (χ1n) is 3.15. The second kappa shape index (κ2) is 5.23. The summed E-state index contributed by atoms with van der Waals surface area (Å²) < 4.78 is 0. The molecule has 0 fully saturated rings. The Bertz CT molecular complexity index is 60.0. The van der Waals surface area contributed by atoms with Gasteiger partial charge < -0.3 is 10.2 Å². The fourth-order valence-electron chi connectivity index (χ4n) is 0.487. The molecule has 2 nitrogen and oxygen atoms in total. The van der Waals surface area contributed by atoms with Crippen molar-refractivity contribution in [3.63, 3.8) is 0 Å². The third kappa shape index (κ3) is 8.43. The topological polar surface area (TPSA) is 15.3 Å². The van der Waals surface area contributed by atoms with Gasteiger partial charge in [0.1, 0.15) is 0 Å². The van der Waals surface area contributed by atoms with Crippen LogP contribution >= 0.6 is 11.6 Å². The molecule has 0 amide bonds. The van der Waals surface area contributed by atoms with Crippen LogP contribution in [0.5, 0.6) is 0 Å². The molecule has 0 aliphatic carbocycles. The van der Waals surface area contributed by atoms with Crippen LogP contribution in [0, 0.1) is 0 Å². The molecular weight excluding hydrogens is 152 g/mol. The van der Waals surface area contributed by atoms with Crippen LogP contribution in [0.4, 0.5) is 0 Å². The number of hydrogen-bond acceptors (Lipinski definition) is 2. The molecule has 1 atom stereocenters. The van der Waals surface area contributed by atoms with Gasteiger partial charge >= 0.3 is 0 Å². The molecule has 0 aliphatic rings. The third-order valence-corrected chi connectivity index (χ3v) is 1.55. The highest BCUT2D eigenvalue weighted by atomic mass is 35.5. The molecule has 0 saturated heterocycles. The lowest BCUT2D eigenvalue weighted by Gasteiger charge is -2.10. The number of hydrogen-bond donors (Lipinski definition) is 1.